The molecule has 4 heteroatoms. The Hall–Kier alpha value is -0.870. The zero-order valence-corrected chi connectivity index (χ0v) is 9.81. The van der Waals surface area contributed by atoms with Gasteiger partial charge in [0, 0.05) is 6.08 Å². The van der Waals surface area contributed by atoms with Crippen molar-refractivity contribution in [3.05, 3.63) is 12.2 Å². The summed E-state index contributed by atoms with van der Waals surface area (Å²) in [6.45, 7) is 2.61. The van der Waals surface area contributed by atoms with Crippen LogP contribution in [0, 0.1) is 0 Å². The molecule has 0 aliphatic heterocycles. The van der Waals surface area contributed by atoms with E-state index >= 15 is 0 Å². The van der Waals surface area contributed by atoms with E-state index in [2.05, 4.69) is 4.89 Å². The molecular weight excluding hydrogens is 208 g/mol. The van der Waals surface area contributed by atoms with Crippen LogP contribution in [-0.2, 0) is 19.3 Å². The Morgan fingerprint density at radius 3 is 2.69 bits per heavy atom. The summed E-state index contributed by atoms with van der Waals surface area (Å²) in [4.78, 5) is 20.7. The predicted octanol–water partition coefficient (Wildman–Crippen LogP) is 2.39. The highest BCUT2D eigenvalue weighted by atomic mass is 17.2. The second kappa shape index (κ2) is 8.30. The van der Waals surface area contributed by atoms with Gasteiger partial charge in [-0.1, -0.05) is 6.42 Å². The van der Waals surface area contributed by atoms with Gasteiger partial charge in [-0.15, -0.1) is 0 Å². The largest absolute Gasteiger partial charge is 0.459 e. The van der Waals surface area contributed by atoms with Crippen LogP contribution >= 0.6 is 0 Å². The number of carbonyl (C=O) groups excluding carboxylic acids is 1. The van der Waals surface area contributed by atoms with Gasteiger partial charge in [-0.25, -0.2) is 14.6 Å². The number of carbonyl (C=O) groups is 1. The van der Waals surface area contributed by atoms with E-state index in [-0.39, 0.29) is 18.7 Å². The maximum Gasteiger partial charge on any atom is 0.330 e. The molecule has 4 nitrogen and oxygen atoms in total. The van der Waals surface area contributed by atoms with E-state index in [0.717, 1.165) is 25.7 Å². The van der Waals surface area contributed by atoms with Crippen LogP contribution in [0.1, 0.15) is 39.0 Å². The van der Waals surface area contributed by atoms with Crippen molar-refractivity contribution >= 4 is 5.97 Å². The maximum atomic E-state index is 11.3. The molecule has 0 unspecified atom stereocenters. The van der Waals surface area contributed by atoms with Gasteiger partial charge in [0.15, 0.2) is 0 Å². The van der Waals surface area contributed by atoms with Crippen LogP contribution in [0.4, 0.5) is 0 Å². The standard InChI is InChI=1S/C12H20O4/c1-2-14-15-10-6-9-12(13)16-11-7-4-3-5-8-11/h6,9,11H,2-5,7-8,10H2,1H3/b9-6-. The minimum Gasteiger partial charge on any atom is -0.459 e. The van der Waals surface area contributed by atoms with Crippen molar-refractivity contribution < 1.29 is 19.3 Å². The molecule has 0 amide bonds. The summed E-state index contributed by atoms with van der Waals surface area (Å²) >= 11 is 0. The molecule has 0 spiro atoms. The lowest BCUT2D eigenvalue weighted by Gasteiger charge is -2.20. The zero-order chi connectivity index (χ0) is 11.6. The summed E-state index contributed by atoms with van der Waals surface area (Å²) in [5.74, 6) is -0.285. The van der Waals surface area contributed by atoms with Gasteiger partial charge < -0.3 is 4.74 Å². The van der Waals surface area contributed by atoms with E-state index in [9.17, 15) is 4.79 Å². The molecule has 0 heterocycles. The monoisotopic (exact) mass is 228 g/mol. The first kappa shape index (κ1) is 13.2. The third-order valence-corrected chi connectivity index (χ3v) is 2.45. The number of hydrogen-bond donors (Lipinski definition) is 0. The summed E-state index contributed by atoms with van der Waals surface area (Å²) in [7, 11) is 0. The third kappa shape index (κ3) is 5.88. The molecule has 1 fully saturated rings. The molecule has 1 rings (SSSR count). The summed E-state index contributed by atoms with van der Waals surface area (Å²) in [5, 5.41) is 0. The van der Waals surface area contributed by atoms with Gasteiger partial charge in [-0.2, -0.15) is 0 Å². The van der Waals surface area contributed by atoms with Crippen molar-refractivity contribution in [2.45, 2.75) is 45.1 Å². The molecular formula is C12H20O4. The van der Waals surface area contributed by atoms with Crippen LogP contribution < -0.4 is 0 Å². The van der Waals surface area contributed by atoms with Gasteiger partial charge in [0.1, 0.15) is 12.7 Å². The van der Waals surface area contributed by atoms with E-state index in [1.54, 1.807) is 6.08 Å². The summed E-state index contributed by atoms with van der Waals surface area (Å²) in [6, 6.07) is 0. The Morgan fingerprint density at radius 1 is 1.25 bits per heavy atom. The molecule has 92 valence electrons. The van der Waals surface area contributed by atoms with Gasteiger partial charge >= 0.3 is 5.97 Å². The Morgan fingerprint density at radius 2 is 2.00 bits per heavy atom. The SMILES string of the molecule is CCOOC/C=C\C(=O)OC1CCCCC1. The summed E-state index contributed by atoms with van der Waals surface area (Å²) in [5.41, 5.74) is 0. The zero-order valence-electron chi connectivity index (χ0n) is 9.81. The van der Waals surface area contributed by atoms with Crippen LogP contribution in [-0.4, -0.2) is 25.3 Å². The minimum atomic E-state index is -0.285. The number of esters is 1. The van der Waals surface area contributed by atoms with Crippen LogP contribution in [0.15, 0.2) is 12.2 Å². The normalized spacial score (nSPS) is 17.8. The fourth-order valence-electron chi connectivity index (χ4n) is 1.70. The van der Waals surface area contributed by atoms with Crippen LogP contribution in [0.25, 0.3) is 0 Å². The van der Waals surface area contributed by atoms with E-state index < -0.39 is 0 Å². The average molecular weight is 228 g/mol. The molecule has 0 radical (unpaired) electrons. The average Bonchev–Trinajstić information content (AvgIpc) is 2.30. The topological polar surface area (TPSA) is 44.8 Å². The number of hydrogen-bond acceptors (Lipinski definition) is 4. The van der Waals surface area contributed by atoms with Crippen LogP contribution in [0.2, 0.25) is 0 Å². The van der Waals surface area contributed by atoms with Gasteiger partial charge in [0.2, 0.25) is 0 Å². The third-order valence-electron chi connectivity index (χ3n) is 2.45. The summed E-state index contributed by atoms with van der Waals surface area (Å²) < 4.78 is 5.28. The lowest BCUT2D eigenvalue weighted by molar-refractivity contribution is -0.282. The molecule has 16 heavy (non-hydrogen) atoms. The molecule has 0 saturated heterocycles. The number of ether oxygens (including phenoxy) is 1. The van der Waals surface area contributed by atoms with Crippen molar-refractivity contribution in [3.63, 3.8) is 0 Å². The van der Waals surface area contributed by atoms with Crippen molar-refractivity contribution in [2.24, 2.45) is 0 Å². The number of rotatable bonds is 6. The predicted molar refractivity (Wildman–Crippen MR) is 59.7 cm³/mol. The molecule has 0 aromatic rings. The fourth-order valence-corrected chi connectivity index (χ4v) is 1.70. The minimum absolute atomic E-state index is 0.110. The lowest BCUT2D eigenvalue weighted by atomic mass is 9.98. The van der Waals surface area contributed by atoms with Gasteiger partial charge in [0.05, 0.1) is 6.61 Å². The van der Waals surface area contributed by atoms with E-state index in [1.807, 2.05) is 6.92 Å². The van der Waals surface area contributed by atoms with Gasteiger partial charge in [0.25, 0.3) is 0 Å². The fraction of sp³-hybridized carbons (Fsp3) is 0.750. The Balaban J connectivity index is 2.09. The van der Waals surface area contributed by atoms with Crippen molar-refractivity contribution in [3.8, 4) is 0 Å². The highest BCUT2D eigenvalue weighted by Gasteiger charge is 2.15. The first-order valence-electron chi connectivity index (χ1n) is 5.94. The van der Waals surface area contributed by atoms with E-state index in [0.29, 0.717) is 6.61 Å². The first-order valence-corrected chi connectivity index (χ1v) is 5.94. The van der Waals surface area contributed by atoms with Crippen molar-refractivity contribution in [1.82, 2.24) is 0 Å². The second-order valence-corrected chi connectivity index (χ2v) is 3.79. The molecule has 0 atom stereocenters. The maximum absolute atomic E-state index is 11.3. The molecule has 0 N–H and O–H groups in total. The molecule has 1 aliphatic rings. The highest BCUT2D eigenvalue weighted by Crippen LogP contribution is 2.20. The molecule has 1 saturated carbocycles. The van der Waals surface area contributed by atoms with Crippen molar-refractivity contribution in [2.75, 3.05) is 13.2 Å². The second-order valence-electron chi connectivity index (χ2n) is 3.79. The molecule has 0 aromatic heterocycles. The lowest BCUT2D eigenvalue weighted by Crippen LogP contribution is -2.19. The summed E-state index contributed by atoms with van der Waals surface area (Å²) in [6.07, 6.45) is 8.67. The highest BCUT2D eigenvalue weighted by molar-refractivity contribution is 5.82. The Kier molecular flexibility index (Phi) is 6.85. The Labute approximate surface area is 96.5 Å². The molecule has 0 aromatic carbocycles. The van der Waals surface area contributed by atoms with Gasteiger partial charge in [-0.05, 0) is 38.7 Å². The molecule has 0 bridgehead atoms. The Bertz CT molecular complexity index is 219. The first-order chi connectivity index (χ1) is 7.83. The van der Waals surface area contributed by atoms with Crippen LogP contribution in [0.3, 0.4) is 0 Å². The van der Waals surface area contributed by atoms with E-state index in [1.165, 1.54) is 12.5 Å². The smallest absolute Gasteiger partial charge is 0.330 e. The quantitative estimate of drug-likeness (QED) is 0.230. The van der Waals surface area contributed by atoms with Crippen molar-refractivity contribution in [1.29, 1.82) is 0 Å². The molecule has 1 aliphatic carbocycles. The van der Waals surface area contributed by atoms with E-state index in [4.69, 9.17) is 9.62 Å². The van der Waals surface area contributed by atoms with Gasteiger partial charge in [-0.3, -0.25) is 0 Å². The van der Waals surface area contributed by atoms with Crippen LogP contribution in [0.5, 0.6) is 0 Å².